The Morgan fingerprint density at radius 3 is 2.60 bits per heavy atom. The summed E-state index contributed by atoms with van der Waals surface area (Å²) in [6, 6.07) is 7.16. The molecule has 1 saturated heterocycles. The topological polar surface area (TPSA) is 32.3 Å². The van der Waals surface area contributed by atoms with Crippen molar-refractivity contribution < 1.29 is 4.79 Å². The van der Waals surface area contributed by atoms with E-state index in [1.807, 2.05) is 19.1 Å². The van der Waals surface area contributed by atoms with Crippen LogP contribution in [-0.2, 0) is 4.79 Å². The molecule has 0 radical (unpaired) electrons. The second-order valence-electron chi connectivity index (χ2n) is 6.08. The van der Waals surface area contributed by atoms with E-state index in [1.54, 1.807) is 12.1 Å². The second kappa shape index (κ2) is 6.59. The largest absolute Gasteiger partial charge is 0.325 e. The van der Waals surface area contributed by atoms with Crippen molar-refractivity contribution in [3.05, 3.63) is 29.3 Å². The van der Waals surface area contributed by atoms with Crippen molar-refractivity contribution in [3.63, 3.8) is 0 Å². The number of hydrogen-bond acceptors (Lipinski definition) is 2. The zero-order valence-corrected chi connectivity index (χ0v) is 13.2. The van der Waals surface area contributed by atoms with E-state index in [-0.39, 0.29) is 11.9 Å². The summed E-state index contributed by atoms with van der Waals surface area (Å²) in [4.78, 5) is 14.6. The molecule has 0 aliphatic carbocycles. The Hall–Kier alpha value is -1.06. The molecule has 1 aromatic rings. The van der Waals surface area contributed by atoms with Gasteiger partial charge in [-0.15, -0.1) is 0 Å². The molecule has 1 fully saturated rings. The van der Waals surface area contributed by atoms with Crippen LogP contribution in [0.5, 0.6) is 0 Å². The van der Waals surface area contributed by atoms with Gasteiger partial charge in [-0.1, -0.05) is 31.5 Å². The molecule has 0 aromatic heterocycles. The van der Waals surface area contributed by atoms with Gasteiger partial charge in [0.1, 0.15) is 0 Å². The van der Waals surface area contributed by atoms with Gasteiger partial charge in [0.15, 0.2) is 0 Å². The molecule has 1 N–H and O–H groups in total. The Labute approximate surface area is 126 Å². The summed E-state index contributed by atoms with van der Waals surface area (Å²) < 4.78 is 0. The Morgan fingerprint density at radius 2 is 2.00 bits per heavy atom. The summed E-state index contributed by atoms with van der Waals surface area (Å²) in [7, 11) is 0. The normalized spacial score (nSPS) is 25.2. The van der Waals surface area contributed by atoms with Crippen LogP contribution < -0.4 is 5.32 Å². The molecule has 1 aliphatic rings. The van der Waals surface area contributed by atoms with Crippen molar-refractivity contribution in [2.75, 3.05) is 18.4 Å². The van der Waals surface area contributed by atoms with Gasteiger partial charge in [0.2, 0.25) is 5.91 Å². The third-order valence-electron chi connectivity index (χ3n) is 3.92. The van der Waals surface area contributed by atoms with E-state index in [0.29, 0.717) is 16.9 Å². The Balaban J connectivity index is 1.98. The van der Waals surface area contributed by atoms with Crippen molar-refractivity contribution in [1.29, 1.82) is 0 Å². The molecule has 1 aromatic carbocycles. The predicted octanol–water partition coefficient (Wildman–Crippen LogP) is 3.64. The van der Waals surface area contributed by atoms with Crippen molar-refractivity contribution in [2.45, 2.75) is 33.2 Å². The zero-order valence-electron chi connectivity index (χ0n) is 12.4. The Bertz CT molecular complexity index is 467. The molecule has 0 spiro atoms. The molecule has 20 heavy (non-hydrogen) atoms. The summed E-state index contributed by atoms with van der Waals surface area (Å²) in [5.41, 5.74) is 0.757. The number of rotatable bonds is 3. The molecule has 3 atom stereocenters. The highest BCUT2D eigenvalue weighted by atomic mass is 35.5. The predicted molar refractivity (Wildman–Crippen MR) is 84.1 cm³/mol. The van der Waals surface area contributed by atoms with Crippen LogP contribution in [-0.4, -0.2) is 29.9 Å². The molecule has 2 rings (SSSR count). The summed E-state index contributed by atoms with van der Waals surface area (Å²) in [6.07, 6.45) is 1.25. The average molecular weight is 295 g/mol. The van der Waals surface area contributed by atoms with Crippen LogP contribution in [0.15, 0.2) is 24.3 Å². The summed E-state index contributed by atoms with van der Waals surface area (Å²) in [5.74, 6) is 1.34. The third-order valence-corrected chi connectivity index (χ3v) is 4.15. The van der Waals surface area contributed by atoms with E-state index >= 15 is 0 Å². The number of piperidine rings is 1. The molecule has 3 nitrogen and oxygen atoms in total. The number of likely N-dealkylation sites (tertiary alicyclic amines) is 1. The maximum absolute atomic E-state index is 12.3. The minimum absolute atomic E-state index is 0.0357. The molecule has 1 amide bonds. The maximum Gasteiger partial charge on any atom is 0.241 e. The van der Waals surface area contributed by atoms with E-state index in [0.717, 1.165) is 18.8 Å². The minimum atomic E-state index is -0.112. The smallest absolute Gasteiger partial charge is 0.241 e. The monoisotopic (exact) mass is 294 g/mol. The fourth-order valence-electron chi connectivity index (χ4n) is 3.01. The number of benzene rings is 1. The van der Waals surface area contributed by atoms with E-state index in [4.69, 9.17) is 11.6 Å². The molecule has 0 unspecified atom stereocenters. The van der Waals surface area contributed by atoms with Crippen molar-refractivity contribution >= 4 is 23.2 Å². The third kappa shape index (κ3) is 3.97. The van der Waals surface area contributed by atoms with Crippen LogP contribution >= 0.6 is 11.6 Å². The lowest BCUT2D eigenvalue weighted by Crippen LogP contribution is -2.48. The van der Waals surface area contributed by atoms with E-state index in [9.17, 15) is 4.79 Å². The van der Waals surface area contributed by atoms with Crippen LogP contribution in [0.2, 0.25) is 5.02 Å². The minimum Gasteiger partial charge on any atom is -0.325 e. The molecular formula is C16H23ClN2O. The lowest BCUT2D eigenvalue weighted by atomic mass is 9.91. The molecule has 1 aliphatic heterocycles. The van der Waals surface area contributed by atoms with Gasteiger partial charge in [0, 0.05) is 23.8 Å². The first-order valence-electron chi connectivity index (χ1n) is 7.26. The average Bonchev–Trinajstić information content (AvgIpc) is 2.36. The van der Waals surface area contributed by atoms with E-state index in [1.165, 1.54) is 6.42 Å². The zero-order chi connectivity index (χ0) is 14.7. The van der Waals surface area contributed by atoms with Gasteiger partial charge in [0.05, 0.1) is 6.04 Å². The van der Waals surface area contributed by atoms with Crippen molar-refractivity contribution in [1.82, 2.24) is 4.90 Å². The Kier molecular flexibility index (Phi) is 5.06. The first kappa shape index (κ1) is 15.3. The summed E-state index contributed by atoms with van der Waals surface area (Å²) >= 11 is 5.93. The molecule has 0 bridgehead atoms. The van der Waals surface area contributed by atoms with Gasteiger partial charge in [0.25, 0.3) is 0 Å². The fourth-order valence-corrected chi connectivity index (χ4v) is 3.20. The van der Waals surface area contributed by atoms with E-state index < -0.39 is 0 Å². The Morgan fingerprint density at radius 1 is 1.35 bits per heavy atom. The number of nitrogens with zero attached hydrogens (tertiary/aromatic N) is 1. The first-order chi connectivity index (χ1) is 9.45. The van der Waals surface area contributed by atoms with Crippen molar-refractivity contribution in [3.8, 4) is 0 Å². The summed E-state index contributed by atoms with van der Waals surface area (Å²) in [5, 5.41) is 3.58. The molecule has 4 heteroatoms. The first-order valence-corrected chi connectivity index (χ1v) is 7.64. The van der Waals surface area contributed by atoms with Gasteiger partial charge >= 0.3 is 0 Å². The van der Waals surface area contributed by atoms with Crippen LogP contribution in [0.1, 0.15) is 27.2 Å². The van der Waals surface area contributed by atoms with Crippen LogP contribution in [0.4, 0.5) is 5.69 Å². The molecular weight excluding hydrogens is 272 g/mol. The van der Waals surface area contributed by atoms with Gasteiger partial charge in [-0.3, -0.25) is 9.69 Å². The van der Waals surface area contributed by atoms with E-state index in [2.05, 4.69) is 24.1 Å². The number of amides is 1. The number of nitrogens with one attached hydrogen (secondary N) is 1. The molecule has 110 valence electrons. The standard InChI is InChI=1S/C16H23ClN2O/c1-11-7-12(2)10-19(9-11)13(3)16(20)18-15-6-4-5-14(17)8-15/h4-6,8,11-13H,7,9-10H2,1-3H3,(H,18,20)/t11-,12-,13+/m1/s1. The summed E-state index contributed by atoms with van der Waals surface area (Å²) in [6.45, 7) is 8.47. The lowest BCUT2D eigenvalue weighted by Gasteiger charge is -2.38. The number of halogens is 1. The van der Waals surface area contributed by atoms with Crippen molar-refractivity contribution in [2.24, 2.45) is 11.8 Å². The van der Waals surface area contributed by atoms with Gasteiger partial charge < -0.3 is 5.32 Å². The molecule has 0 saturated carbocycles. The van der Waals surface area contributed by atoms with Crippen LogP contribution in [0.3, 0.4) is 0 Å². The van der Waals surface area contributed by atoms with Gasteiger partial charge in [-0.2, -0.15) is 0 Å². The quantitative estimate of drug-likeness (QED) is 0.923. The highest BCUT2D eigenvalue weighted by Crippen LogP contribution is 2.23. The SMILES string of the molecule is C[C@@H]1C[C@@H](C)CN([C@@H](C)C(=O)Nc2cccc(Cl)c2)C1. The number of anilines is 1. The van der Waals surface area contributed by atoms with Crippen LogP contribution in [0, 0.1) is 11.8 Å². The van der Waals surface area contributed by atoms with Crippen LogP contribution in [0.25, 0.3) is 0 Å². The molecule has 1 heterocycles. The fraction of sp³-hybridized carbons (Fsp3) is 0.562. The number of carbonyl (C=O) groups is 1. The lowest BCUT2D eigenvalue weighted by molar-refractivity contribution is -0.121. The highest BCUT2D eigenvalue weighted by Gasteiger charge is 2.28. The number of hydrogen-bond donors (Lipinski definition) is 1. The maximum atomic E-state index is 12.3. The second-order valence-corrected chi connectivity index (χ2v) is 6.51. The number of carbonyl (C=O) groups excluding carboxylic acids is 1. The van der Waals surface area contributed by atoms with Gasteiger partial charge in [-0.25, -0.2) is 0 Å². The highest BCUT2D eigenvalue weighted by molar-refractivity contribution is 6.30. The van der Waals surface area contributed by atoms with Gasteiger partial charge in [-0.05, 0) is 43.4 Å².